The fourth-order valence-corrected chi connectivity index (χ4v) is 24.9. The van der Waals surface area contributed by atoms with Gasteiger partial charge in [-0.1, -0.05) is 118 Å². The molecule has 8 nitrogen and oxygen atoms in total. The van der Waals surface area contributed by atoms with Crippen LogP contribution in [0.5, 0.6) is 0 Å². The molecule has 0 saturated carbocycles. The molecule has 0 aromatic carbocycles. The second-order valence-corrected chi connectivity index (χ2v) is 40.0. The average molecular weight is 1380 g/mol. The van der Waals surface area contributed by atoms with E-state index in [1.165, 1.54) is 94.5 Å². The van der Waals surface area contributed by atoms with E-state index in [0.29, 0.717) is 12.7 Å². The van der Waals surface area contributed by atoms with Gasteiger partial charge in [0.1, 0.15) is 5.76 Å². The van der Waals surface area contributed by atoms with Gasteiger partial charge in [0.25, 0.3) is 0 Å². The Morgan fingerprint density at radius 2 is 0.775 bits per heavy atom. The van der Waals surface area contributed by atoms with Crippen LogP contribution in [-0.4, -0.2) is 77.6 Å². The van der Waals surface area contributed by atoms with Gasteiger partial charge in [0.2, 0.25) is 0 Å². The Morgan fingerprint density at radius 3 is 1.10 bits per heavy atom. The molecule has 0 heterocycles. The maximum absolute atomic E-state index is 12.5. The van der Waals surface area contributed by atoms with Gasteiger partial charge in [0, 0.05) is 20.9 Å². The molecular formula is C75H131BF3O8SSn. The van der Waals surface area contributed by atoms with Crippen LogP contribution >= 0.6 is 0 Å². The topological polar surface area (TPSA) is 116 Å². The molecule has 0 fully saturated rings. The first-order chi connectivity index (χ1) is 40.8. The van der Waals surface area contributed by atoms with Gasteiger partial charge in [-0.2, -0.15) is 21.6 Å². The molecule has 0 aliphatic rings. The molecule has 0 spiro atoms. The molecular weight excluding hydrogens is 1250 g/mol. The van der Waals surface area contributed by atoms with E-state index in [4.69, 9.17) is 9.84 Å². The molecule has 0 bridgehead atoms. The van der Waals surface area contributed by atoms with Crippen LogP contribution in [-0.2, 0) is 33.4 Å². The number of aliphatic hydroxyl groups is 1. The quantitative estimate of drug-likeness (QED) is 0.0123. The van der Waals surface area contributed by atoms with Crippen molar-refractivity contribution in [2.45, 2.75) is 298 Å². The zero-order chi connectivity index (χ0) is 67.3. The van der Waals surface area contributed by atoms with Crippen molar-refractivity contribution in [3.8, 4) is 0 Å². The Morgan fingerprint density at radius 1 is 0.449 bits per heavy atom. The van der Waals surface area contributed by atoms with Crippen LogP contribution < -0.4 is 0 Å². The largest absolute Gasteiger partial charge is 0.534 e. The minimum Gasteiger partial charge on any atom is -0.463 e. The summed E-state index contributed by atoms with van der Waals surface area (Å²) < 4.78 is 79.8. The van der Waals surface area contributed by atoms with Gasteiger partial charge in [-0.15, -0.1) is 0 Å². The molecule has 0 aromatic rings. The molecule has 14 heteroatoms. The van der Waals surface area contributed by atoms with Gasteiger partial charge in [-0.25, -0.2) is 9.59 Å². The molecule has 0 saturated heterocycles. The van der Waals surface area contributed by atoms with Crippen LogP contribution in [0.1, 0.15) is 274 Å². The predicted molar refractivity (Wildman–Crippen MR) is 385 cm³/mol. The van der Waals surface area contributed by atoms with Crippen molar-refractivity contribution < 1.29 is 49.9 Å². The Kier molecular flexibility index (Phi) is 65.4. The number of ether oxygens (including phenoxy) is 2. The van der Waals surface area contributed by atoms with Gasteiger partial charge in [0.15, 0.2) is 0 Å². The van der Waals surface area contributed by atoms with E-state index in [-0.39, 0.29) is 47.9 Å². The molecule has 1 N–H and O–H groups in total. The minimum absolute atomic E-state index is 0. The zero-order valence-electron chi connectivity index (χ0n) is 59.4. The molecule has 0 atom stereocenters. The normalized spacial score (nSPS) is 12.1. The summed E-state index contributed by atoms with van der Waals surface area (Å²) in [5, 5.41) is 9.06. The second-order valence-electron chi connectivity index (χ2n) is 24.4. The Balaban J connectivity index is -0.000000258. The third-order valence-corrected chi connectivity index (χ3v) is 30.0. The number of halogens is 3. The van der Waals surface area contributed by atoms with Crippen molar-refractivity contribution in [2.24, 2.45) is 0 Å². The van der Waals surface area contributed by atoms with Crippen molar-refractivity contribution in [3.63, 3.8) is 0 Å². The van der Waals surface area contributed by atoms with Crippen LogP contribution in [0.4, 0.5) is 13.2 Å². The standard InChI is InChI=1S/C21H34O2.C19H32O.C17H25F3O5S.C5H9.3C4H9.CH4.B.Sn/c1-7-23-21(22)16-20(15-14-18(4)5)13-9-12-19(6)11-8-10-17(2)3;1-16(2)8-6-9-18(5)10-7-11-19(14-15-20)13-12-17(3)4;1-5-24-16(21)12-15(25-26(22,23)17(18,19)20)11-7-10-14(4)9-6-8-13(2)3;1-4-5(2)3;3*1-3-4-2;;;/h10,12,14,16H,7-9,11,13,15H2,1-6H3;8,10,12,14,20H,6-7,9,11,13,15H2,1-5H3;8,10,12H,5-7,9,11H2,1-4H3;4H,1H2,2-3H3;3*1,3-4H2,2H3;1H4;;/b19-12+,20-16-;18-10+,19-14-;14-10+,15-12-;;;;;;;. The number of hydrogen-bond donors (Lipinski definition) is 1. The third-order valence-electron chi connectivity index (χ3n) is 13.8. The number of esters is 2. The van der Waals surface area contributed by atoms with E-state index in [2.05, 4.69) is 161 Å². The van der Waals surface area contributed by atoms with E-state index < -0.39 is 45.7 Å². The molecule has 0 aliphatic heterocycles. The number of unbranched alkanes of at least 4 members (excludes halogenated alkanes) is 3. The van der Waals surface area contributed by atoms with Crippen LogP contribution in [0.25, 0.3) is 0 Å². The summed E-state index contributed by atoms with van der Waals surface area (Å²) in [4.78, 5) is 23.1. The summed E-state index contributed by atoms with van der Waals surface area (Å²) in [6.07, 6.45) is 44.8. The number of hydrogen-bond acceptors (Lipinski definition) is 8. The Bertz CT molecular complexity index is 2350. The zero-order valence-corrected chi connectivity index (χ0v) is 63.1. The number of aliphatic hydroxyl groups excluding tert-OH is 1. The summed E-state index contributed by atoms with van der Waals surface area (Å²) in [6.45, 7) is 42.7. The summed E-state index contributed by atoms with van der Waals surface area (Å²) >= 11 is -1.82. The van der Waals surface area contributed by atoms with Crippen molar-refractivity contribution in [1.82, 2.24) is 0 Å². The number of rotatable bonds is 40. The summed E-state index contributed by atoms with van der Waals surface area (Å²) in [5.74, 6) is -1.81. The molecule has 0 aromatic heterocycles. The van der Waals surface area contributed by atoms with E-state index in [9.17, 15) is 31.2 Å². The predicted octanol–water partition coefficient (Wildman–Crippen LogP) is 23.9. The SMILES string of the molecule is C.CC(C)=CCC/C(C)=C/CC/C(=C/CO)CC=C(C)C.CCC[CH2][Sn]([CH2]C=C(C)C)([CH2]CCC)[CH2]CCC.CCOC(=O)/C=C(/CC/C=C(\C)CCC=C(C)C)OS(=O)(=O)C(F)(F)F.CCOC(=O)/C=C(\CC=C(C)C)CC/C=C(\C)CCC=C(C)C.[B]. The van der Waals surface area contributed by atoms with Crippen molar-refractivity contribution in [3.05, 3.63) is 140 Å². The Hall–Kier alpha value is -3.82. The Labute approximate surface area is 552 Å². The first kappa shape index (κ1) is 96.3. The van der Waals surface area contributed by atoms with Crippen LogP contribution in [0, 0.1) is 0 Å². The molecule has 0 rings (SSSR count). The fourth-order valence-electron chi connectivity index (χ4n) is 8.61. The van der Waals surface area contributed by atoms with E-state index in [1.54, 1.807) is 31.0 Å². The fraction of sp³-hybridized carbons (Fsp3) is 0.653. The van der Waals surface area contributed by atoms with Gasteiger partial charge in [-0.3, -0.25) is 0 Å². The first-order valence-corrected chi connectivity index (χ1v) is 42.1. The summed E-state index contributed by atoms with van der Waals surface area (Å²) in [7, 11) is -5.84. The van der Waals surface area contributed by atoms with E-state index >= 15 is 0 Å². The van der Waals surface area contributed by atoms with Crippen LogP contribution in [0.15, 0.2) is 140 Å². The van der Waals surface area contributed by atoms with E-state index in [0.717, 1.165) is 88.2 Å². The van der Waals surface area contributed by atoms with Gasteiger partial charge >= 0.3 is 148 Å². The number of carbonyl (C=O) groups is 2. The number of carbonyl (C=O) groups excluding carboxylic acids is 2. The maximum atomic E-state index is 12.5. The van der Waals surface area contributed by atoms with E-state index in [1.807, 2.05) is 33.8 Å². The van der Waals surface area contributed by atoms with Crippen LogP contribution in [0.3, 0.4) is 0 Å². The van der Waals surface area contributed by atoms with Crippen molar-refractivity contribution >= 4 is 48.8 Å². The van der Waals surface area contributed by atoms with Gasteiger partial charge in [-0.05, 0) is 187 Å². The van der Waals surface area contributed by atoms with Crippen molar-refractivity contribution in [2.75, 3.05) is 19.8 Å². The maximum Gasteiger partial charge on any atom is 0.534 e. The summed E-state index contributed by atoms with van der Waals surface area (Å²) in [5.41, 5.74) is 8.88. The smallest absolute Gasteiger partial charge is 0.463 e. The molecule has 3 radical (unpaired) electrons. The first-order valence-electron chi connectivity index (χ1n) is 32.6. The van der Waals surface area contributed by atoms with Crippen molar-refractivity contribution in [1.29, 1.82) is 0 Å². The monoisotopic (exact) mass is 1380 g/mol. The van der Waals surface area contributed by atoms with Gasteiger partial charge < -0.3 is 18.8 Å². The van der Waals surface area contributed by atoms with Gasteiger partial charge in [0.05, 0.1) is 25.9 Å². The molecule has 0 amide bonds. The number of alkyl halides is 3. The minimum atomic E-state index is -5.84. The average Bonchev–Trinajstić information content (AvgIpc) is 3.41. The number of allylic oxidation sites excluding steroid dienone is 21. The second kappa shape index (κ2) is 60.4. The summed E-state index contributed by atoms with van der Waals surface area (Å²) in [6, 6.07) is 0. The third kappa shape index (κ3) is 64.1. The molecule has 513 valence electrons. The molecule has 89 heavy (non-hydrogen) atoms. The van der Waals surface area contributed by atoms with Crippen LogP contribution in [0.2, 0.25) is 17.7 Å². The molecule has 0 unspecified atom stereocenters. The molecule has 0 aliphatic carbocycles.